The van der Waals surface area contributed by atoms with Crippen molar-refractivity contribution in [1.82, 2.24) is 10.3 Å². The normalized spacial score (nSPS) is 12.6. The molecule has 1 unspecified atom stereocenters. The second-order valence-corrected chi connectivity index (χ2v) is 6.41. The van der Waals surface area contributed by atoms with E-state index in [0.717, 1.165) is 30.0 Å². The lowest BCUT2D eigenvalue weighted by molar-refractivity contribution is 0.535. The maximum Gasteiger partial charge on any atom is 0.141 e. The molecule has 0 radical (unpaired) electrons. The molecule has 1 aromatic heterocycles. The van der Waals surface area contributed by atoms with Gasteiger partial charge in [-0.1, -0.05) is 24.6 Å². The number of nitrogens with one attached hydrogen (secondary N) is 1. The van der Waals surface area contributed by atoms with E-state index in [0.29, 0.717) is 0 Å². The predicted octanol–water partition coefficient (Wildman–Crippen LogP) is 4.53. The first-order valence-electron chi connectivity index (χ1n) is 6.69. The van der Waals surface area contributed by atoms with E-state index in [1.54, 1.807) is 23.5 Å². The Kier molecular flexibility index (Phi) is 5.52. The number of benzene rings is 1. The Morgan fingerprint density at radius 1 is 1.45 bits per heavy atom. The van der Waals surface area contributed by atoms with Crippen LogP contribution in [0.3, 0.4) is 0 Å². The topological polar surface area (TPSA) is 24.9 Å². The third-order valence-corrected chi connectivity index (χ3v) is 4.36. The molecule has 0 aliphatic rings. The van der Waals surface area contributed by atoms with E-state index < -0.39 is 0 Å². The van der Waals surface area contributed by atoms with E-state index in [1.165, 1.54) is 10.9 Å². The highest BCUT2D eigenvalue weighted by Crippen LogP contribution is 2.25. The number of thiazole rings is 1. The van der Waals surface area contributed by atoms with Crippen molar-refractivity contribution >= 4 is 22.9 Å². The van der Waals surface area contributed by atoms with Crippen LogP contribution in [-0.2, 0) is 6.42 Å². The van der Waals surface area contributed by atoms with Gasteiger partial charge in [0.05, 0.1) is 10.0 Å². The molecule has 0 spiro atoms. The summed E-state index contributed by atoms with van der Waals surface area (Å²) in [4.78, 5) is 5.52. The summed E-state index contributed by atoms with van der Waals surface area (Å²) >= 11 is 7.54. The van der Waals surface area contributed by atoms with Gasteiger partial charge in [0.1, 0.15) is 5.82 Å². The Balaban J connectivity index is 2.16. The number of aryl methyl sites for hydroxylation is 1. The first-order chi connectivity index (χ1) is 9.60. The molecular formula is C15H18ClFN2S. The van der Waals surface area contributed by atoms with E-state index in [1.807, 2.05) is 13.1 Å². The van der Waals surface area contributed by atoms with Crippen molar-refractivity contribution < 1.29 is 4.39 Å². The zero-order valence-corrected chi connectivity index (χ0v) is 13.2. The SMILES string of the molecule is CCCNC(Cc1ccc(F)c(Cl)c1)c1cnc(C)s1. The molecule has 1 heterocycles. The van der Waals surface area contributed by atoms with Crippen LogP contribution in [0.15, 0.2) is 24.4 Å². The lowest BCUT2D eigenvalue weighted by Gasteiger charge is -2.17. The molecule has 0 fully saturated rings. The minimum Gasteiger partial charge on any atom is -0.309 e. The standard InChI is InChI=1S/C15H18ClFN2S/c1-3-6-18-14(15-9-19-10(2)20-15)8-11-4-5-13(17)12(16)7-11/h4-5,7,9,14,18H,3,6,8H2,1-2H3. The van der Waals surface area contributed by atoms with Crippen LogP contribution in [0.1, 0.15) is 34.8 Å². The Morgan fingerprint density at radius 2 is 2.25 bits per heavy atom. The molecule has 0 saturated heterocycles. The molecule has 2 rings (SSSR count). The Hall–Kier alpha value is -0.970. The van der Waals surface area contributed by atoms with Crippen LogP contribution in [0, 0.1) is 12.7 Å². The van der Waals surface area contributed by atoms with Crippen molar-refractivity contribution in [2.45, 2.75) is 32.7 Å². The number of hydrogen-bond donors (Lipinski definition) is 1. The second-order valence-electron chi connectivity index (χ2n) is 4.74. The lowest BCUT2D eigenvalue weighted by Crippen LogP contribution is -2.23. The number of halogens is 2. The van der Waals surface area contributed by atoms with E-state index >= 15 is 0 Å². The van der Waals surface area contributed by atoms with Gasteiger partial charge in [0.2, 0.25) is 0 Å². The molecule has 108 valence electrons. The molecule has 20 heavy (non-hydrogen) atoms. The zero-order valence-electron chi connectivity index (χ0n) is 11.6. The predicted molar refractivity (Wildman–Crippen MR) is 83.0 cm³/mol. The van der Waals surface area contributed by atoms with Crippen molar-refractivity contribution in [2.24, 2.45) is 0 Å². The molecule has 2 aromatic rings. The van der Waals surface area contributed by atoms with Crippen LogP contribution in [0.25, 0.3) is 0 Å². The fourth-order valence-corrected chi connectivity index (χ4v) is 3.10. The summed E-state index contributed by atoms with van der Waals surface area (Å²) in [5.74, 6) is -0.373. The number of nitrogens with zero attached hydrogens (tertiary/aromatic N) is 1. The summed E-state index contributed by atoms with van der Waals surface area (Å²) in [5.41, 5.74) is 1.02. The summed E-state index contributed by atoms with van der Waals surface area (Å²) in [6, 6.07) is 5.11. The highest BCUT2D eigenvalue weighted by atomic mass is 35.5. The van der Waals surface area contributed by atoms with Gasteiger partial charge in [-0.25, -0.2) is 9.37 Å². The van der Waals surface area contributed by atoms with Crippen LogP contribution < -0.4 is 5.32 Å². The number of hydrogen-bond acceptors (Lipinski definition) is 3. The molecule has 1 atom stereocenters. The summed E-state index contributed by atoms with van der Waals surface area (Å²) in [5, 5.41) is 4.75. The lowest BCUT2D eigenvalue weighted by atomic mass is 10.0. The average molecular weight is 313 g/mol. The summed E-state index contributed by atoms with van der Waals surface area (Å²) in [7, 11) is 0. The van der Waals surface area contributed by atoms with Gasteiger partial charge in [-0.05, 0) is 44.0 Å². The minimum atomic E-state index is -0.373. The van der Waals surface area contributed by atoms with Crippen molar-refractivity contribution in [3.8, 4) is 0 Å². The highest BCUT2D eigenvalue weighted by Gasteiger charge is 2.15. The minimum absolute atomic E-state index is 0.178. The van der Waals surface area contributed by atoms with E-state index in [2.05, 4.69) is 17.2 Å². The van der Waals surface area contributed by atoms with E-state index in [4.69, 9.17) is 11.6 Å². The maximum absolute atomic E-state index is 13.2. The van der Waals surface area contributed by atoms with Gasteiger partial charge in [0.25, 0.3) is 0 Å². The van der Waals surface area contributed by atoms with Gasteiger partial charge in [-0.2, -0.15) is 0 Å². The molecule has 0 aliphatic heterocycles. The molecule has 1 aromatic carbocycles. The Labute approximate surface area is 128 Å². The fraction of sp³-hybridized carbons (Fsp3) is 0.400. The first kappa shape index (κ1) is 15.4. The Bertz CT molecular complexity index is 571. The smallest absolute Gasteiger partial charge is 0.141 e. The third-order valence-electron chi connectivity index (χ3n) is 3.05. The Morgan fingerprint density at radius 3 is 2.85 bits per heavy atom. The molecular weight excluding hydrogens is 295 g/mol. The van der Waals surface area contributed by atoms with Gasteiger partial charge >= 0.3 is 0 Å². The maximum atomic E-state index is 13.2. The van der Waals surface area contributed by atoms with Crippen LogP contribution in [0.5, 0.6) is 0 Å². The average Bonchev–Trinajstić information content (AvgIpc) is 2.85. The van der Waals surface area contributed by atoms with Crippen LogP contribution in [0.4, 0.5) is 4.39 Å². The second kappa shape index (κ2) is 7.16. The molecule has 2 nitrogen and oxygen atoms in total. The van der Waals surface area contributed by atoms with Crippen LogP contribution in [-0.4, -0.2) is 11.5 Å². The third kappa shape index (κ3) is 4.01. The highest BCUT2D eigenvalue weighted by molar-refractivity contribution is 7.11. The first-order valence-corrected chi connectivity index (χ1v) is 7.89. The largest absolute Gasteiger partial charge is 0.309 e. The van der Waals surface area contributed by atoms with E-state index in [9.17, 15) is 4.39 Å². The van der Waals surface area contributed by atoms with E-state index in [-0.39, 0.29) is 16.9 Å². The summed E-state index contributed by atoms with van der Waals surface area (Å²) in [6.07, 6.45) is 3.76. The summed E-state index contributed by atoms with van der Waals surface area (Å²) < 4.78 is 13.2. The molecule has 1 N–H and O–H groups in total. The molecule has 0 amide bonds. The molecule has 5 heteroatoms. The fourth-order valence-electron chi connectivity index (χ4n) is 2.03. The number of aromatic nitrogens is 1. The van der Waals surface area contributed by atoms with Crippen molar-refractivity contribution in [3.05, 3.63) is 50.7 Å². The monoisotopic (exact) mass is 312 g/mol. The van der Waals surface area contributed by atoms with Crippen molar-refractivity contribution in [1.29, 1.82) is 0 Å². The zero-order chi connectivity index (χ0) is 14.5. The molecule has 0 aliphatic carbocycles. The molecule has 0 saturated carbocycles. The van der Waals surface area contributed by atoms with Crippen LogP contribution >= 0.6 is 22.9 Å². The van der Waals surface area contributed by atoms with Gasteiger partial charge in [0, 0.05) is 17.1 Å². The van der Waals surface area contributed by atoms with Crippen molar-refractivity contribution in [3.63, 3.8) is 0 Å². The van der Waals surface area contributed by atoms with Gasteiger partial charge < -0.3 is 5.32 Å². The van der Waals surface area contributed by atoms with Gasteiger partial charge in [-0.15, -0.1) is 11.3 Å². The van der Waals surface area contributed by atoms with Crippen molar-refractivity contribution in [2.75, 3.05) is 6.54 Å². The van der Waals surface area contributed by atoms with Gasteiger partial charge in [0.15, 0.2) is 0 Å². The number of rotatable bonds is 6. The molecule has 0 bridgehead atoms. The summed E-state index contributed by atoms with van der Waals surface area (Å²) in [6.45, 7) is 5.08. The van der Waals surface area contributed by atoms with Gasteiger partial charge in [-0.3, -0.25) is 0 Å². The van der Waals surface area contributed by atoms with Crippen LogP contribution in [0.2, 0.25) is 5.02 Å². The quantitative estimate of drug-likeness (QED) is 0.848.